The molecule has 0 atom stereocenters. The summed E-state index contributed by atoms with van der Waals surface area (Å²) in [7, 11) is 1.25. The molecule has 2 aromatic carbocycles. The summed E-state index contributed by atoms with van der Waals surface area (Å²) in [5.41, 5.74) is 0.730. The van der Waals surface area contributed by atoms with E-state index in [1.807, 2.05) is 0 Å². The summed E-state index contributed by atoms with van der Waals surface area (Å²) in [6.07, 6.45) is 0. The number of thiazole rings is 1. The summed E-state index contributed by atoms with van der Waals surface area (Å²) in [5, 5.41) is 0. The third-order valence-corrected chi connectivity index (χ3v) is 5.05. The van der Waals surface area contributed by atoms with Crippen LogP contribution in [0.2, 0.25) is 0 Å². The first-order valence-corrected chi connectivity index (χ1v) is 9.47. The second-order valence-electron chi connectivity index (χ2n) is 5.85. The molecule has 3 rings (SSSR count). The van der Waals surface area contributed by atoms with Crippen LogP contribution in [0, 0.1) is 5.82 Å². The number of nitrogens with zero attached hydrogens (tertiary/aromatic N) is 2. The van der Waals surface area contributed by atoms with Gasteiger partial charge in [0.05, 0.1) is 35.1 Å². The normalized spacial score (nSPS) is 11.5. The van der Waals surface area contributed by atoms with Gasteiger partial charge in [0.1, 0.15) is 12.4 Å². The number of carbonyl (C=O) groups excluding carboxylic acids is 3. The van der Waals surface area contributed by atoms with E-state index in [1.54, 1.807) is 25.1 Å². The summed E-state index contributed by atoms with van der Waals surface area (Å²) < 4.78 is 25.7. The average Bonchev–Trinajstić information content (AvgIpc) is 3.04. The molecule has 150 valence electrons. The van der Waals surface area contributed by atoms with Crippen molar-refractivity contribution in [3.63, 3.8) is 0 Å². The highest BCUT2D eigenvalue weighted by atomic mass is 32.1. The molecule has 0 fully saturated rings. The van der Waals surface area contributed by atoms with Crippen LogP contribution >= 0.6 is 11.3 Å². The van der Waals surface area contributed by atoms with Crippen molar-refractivity contribution in [2.24, 2.45) is 4.99 Å². The number of esters is 2. The van der Waals surface area contributed by atoms with Crippen molar-refractivity contribution in [1.29, 1.82) is 0 Å². The second kappa shape index (κ2) is 8.78. The number of aromatic nitrogens is 1. The van der Waals surface area contributed by atoms with E-state index in [4.69, 9.17) is 9.47 Å². The van der Waals surface area contributed by atoms with Crippen LogP contribution in [0.1, 0.15) is 27.6 Å². The minimum Gasteiger partial charge on any atom is -0.468 e. The van der Waals surface area contributed by atoms with Gasteiger partial charge in [-0.15, -0.1) is 0 Å². The van der Waals surface area contributed by atoms with Crippen molar-refractivity contribution in [2.75, 3.05) is 13.7 Å². The van der Waals surface area contributed by atoms with Crippen LogP contribution in [0.15, 0.2) is 47.5 Å². The highest BCUT2D eigenvalue weighted by Gasteiger charge is 2.16. The Kier molecular flexibility index (Phi) is 6.18. The Labute approximate surface area is 169 Å². The van der Waals surface area contributed by atoms with Crippen LogP contribution in [0.5, 0.6) is 0 Å². The third kappa shape index (κ3) is 4.40. The maximum atomic E-state index is 13.9. The van der Waals surface area contributed by atoms with Crippen LogP contribution in [-0.2, 0) is 20.8 Å². The van der Waals surface area contributed by atoms with E-state index in [1.165, 1.54) is 35.9 Å². The first-order chi connectivity index (χ1) is 13.9. The van der Waals surface area contributed by atoms with Crippen molar-refractivity contribution >= 4 is 39.4 Å². The minimum absolute atomic E-state index is 0.179. The van der Waals surface area contributed by atoms with Gasteiger partial charge in [-0.2, -0.15) is 4.99 Å². The van der Waals surface area contributed by atoms with Crippen LogP contribution < -0.4 is 4.80 Å². The SMILES string of the molecule is CCOC(=O)c1ccc2c(c1)sc(=NC(=O)c1ccccc1F)n2CC(=O)OC. The molecule has 3 aromatic rings. The third-order valence-electron chi connectivity index (χ3n) is 4.01. The Balaban J connectivity index is 2.14. The summed E-state index contributed by atoms with van der Waals surface area (Å²) >= 11 is 1.09. The molecule has 1 amide bonds. The summed E-state index contributed by atoms with van der Waals surface area (Å²) in [5.74, 6) is -2.49. The molecule has 0 saturated carbocycles. The molecule has 0 aliphatic rings. The Morgan fingerprint density at radius 2 is 1.93 bits per heavy atom. The molecule has 0 radical (unpaired) electrons. The molecular formula is C20H17FN2O5S. The van der Waals surface area contributed by atoms with E-state index in [2.05, 4.69) is 4.99 Å². The molecule has 0 N–H and O–H groups in total. The fourth-order valence-electron chi connectivity index (χ4n) is 2.63. The smallest absolute Gasteiger partial charge is 0.338 e. The van der Waals surface area contributed by atoms with Crippen LogP contribution in [-0.4, -0.2) is 36.1 Å². The molecule has 0 aliphatic heterocycles. The minimum atomic E-state index is -0.779. The van der Waals surface area contributed by atoms with Gasteiger partial charge in [0, 0.05) is 0 Å². The lowest BCUT2D eigenvalue weighted by atomic mass is 10.2. The molecule has 0 bridgehead atoms. The number of amides is 1. The van der Waals surface area contributed by atoms with Gasteiger partial charge in [-0.1, -0.05) is 23.5 Å². The molecule has 7 nitrogen and oxygen atoms in total. The summed E-state index contributed by atoms with van der Waals surface area (Å²) in [6, 6.07) is 10.3. The lowest BCUT2D eigenvalue weighted by Crippen LogP contribution is -2.22. The Hall–Kier alpha value is -3.33. The fourth-order valence-corrected chi connectivity index (χ4v) is 3.70. The van der Waals surface area contributed by atoms with Crippen molar-refractivity contribution < 1.29 is 28.2 Å². The van der Waals surface area contributed by atoms with Gasteiger partial charge in [0.25, 0.3) is 5.91 Å². The van der Waals surface area contributed by atoms with E-state index >= 15 is 0 Å². The maximum Gasteiger partial charge on any atom is 0.338 e. The van der Waals surface area contributed by atoms with Gasteiger partial charge >= 0.3 is 11.9 Å². The standard InChI is InChI=1S/C20H17FN2O5S/c1-3-28-19(26)12-8-9-15-16(10-12)29-20(23(15)11-17(24)27-2)22-18(25)13-6-4-5-7-14(13)21/h4-10H,3,11H2,1-2H3. The molecule has 1 heterocycles. The van der Waals surface area contributed by atoms with Crippen molar-refractivity contribution in [2.45, 2.75) is 13.5 Å². The lowest BCUT2D eigenvalue weighted by molar-refractivity contribution is -0.141. The highest BCUT2D eigenvalue weighted by Crippen LogP contribution is 2.20. The molecule has 0 spiro atoms. The molecule has 29 heavy (non-hydrogen) atoms. The van der Waals surface area contributed by atoms with E-state index in [0.29, 0.717) is 15.8 Å². The first kappa shape index (κ1) is 20.4. The van der Waals surface area contributed by atoms with E-state index < -0.39 is 23.7 Å². The summed E-state index contributed by atoms with van der Waals surface area (Å²) in [4.78, 5) is 40.5. The van der Waals surface area contributed by atoms with E-state index in [-0.39, 0.29) is 23.5 Å². The van der Waals surface area contributed by atoms with Gasteiger partial charge in [-0.05, 0) is 37.3 Å². The Morgan fingerprint density at radius 1 is 1.17 bits per heavy atom. The number of methoxy groups -OCH3 is 1. The molecular weight excluding hydrogens is 399 g/mol. The highest BCUT2D eigenvalue weighted by molar-refractivity contribution is 7.16. The van der Waals surface area contributed by atoms with Crippen LogP contribution in [0.4, 0.5) is 4.39 Å². The van der Waals surface area contributed by atoms with E-state index in [9.17, 15) is 18.8 Å². The maximum absolute atomic E-state index is 13.9. The zero-order valence-corrected chi connectivity index (χ0v) is 16.5. The van der Waals surface area contributed by atoms with Crippen molar-refractivity contribution in [3.05, 3.63) is 64.2 Å². The van der Waals surface area contributed by atoms with E-state index in [0.717, 1.165) is 11.3 Å². The molecule has 1 aromatic heterocycles. The zero-order chi connectivity index (χ0) is 21.0. The number of carbonyl (C=O) groups is 3. The quantitative estimate of drug-likeness (QED) is 0.597. The number of hydrogen-bond acceptors (Lipinski definition) is 6. The predicted molar refractivity (Wildman–Crippen MR) is 104 cm³/mol. The number of ether oxygens (including phenoxy) is 2. The van der Waals surface area contributed by atoms with Gasteiger partial charge < -0.3 is 14.0 Å². The second-order valence-corrected chi connectivity index (χ2v) is 6.86. The molecule has 0 aliphatic carbocycles. The fraction of sp³-hybridized carbons (Fsp3) is 0.200. The Bertz CT molecular complexity index is 1170. The van der Waals surface area contributed by atoms with Gasteiger partial charge in [0.2, 0.25) is 0 Å². The lowest BCUT2D eigenvalue weighted by Gasteiger charge is -2.05. The number of benzene rings is 2. The van der Waals surface area contributed by atoms with Crippen molar-refractivity contribution in [3.8, 4) is 0 Å². The number of hydrogen-bond donors (Lipinski definition) is 0. The predicted octanol–water partition coefficient (Wildman–Crippen LogP) is 2.93. The monoisotopic (exact) mass is 416 g/mol. The molecule has 0 saturated heterocycles. The number of rotatable bonds is 5. The molecule has 0 unspecified atom stereocenters. The average molecular weight is 416 g/mol. The van der Waals surface area contributed by atoms with Crippen molar-refractivity contribution in [1.82, 2.24) is 4.57 Å². The Morgan fingerprint density at radius 3 is 2.62 bits per heavy atom. The summed E-state index contributed by atoms with van der Waals surface area (Å²) in [6.45, 7) is 1.75. The first-order valence-electron chi connectivity index (χ1n) is 8.65. The van der Waals surface area contributed by atoms with Gasteiger partial charge in [0.15, 0.2) is 4.80 Å². The topological polar surface area (TPSA) is 87.0 Å². The number of halogens is 1. The number of fused-ring (bicyclic) bond motifs is 1. The van der Waals surface area contributed by atoms with Gasteiger partial charge in [-0.3, -0.25) is 9.59 Å². The van der Waals surface area contributed by atoms with Gasteiger partial charge in [-0.25, -0.2) is 9.18 Å². The molecule has 9 heteroatoms. The zero-order valence-electron chi connectivity index (χ0n) is 15.7. The van der Waals surface area contributed by atoms with Crippen LogP contribution in [0.3, 0.4) is 0 Å². The largest absolute Gasteiger partial charge is 0.468 e. The van der Waals surface area contributed by atoms with Crippen LogP contribution in [0.25, 0.3) is 10.2 Å².